The Balaban J connectivity index is 0.00000392. The summed E-state index contributed by atoms with van der Waals surface area (Å²) in [6.45, 7) is 15.3. The number of halogens is 1. The average Bonchev–Trinajstić information content (AvgIpc) is 2.66. The van der Waals surface area contributed by atoms with E-state index < -0.39 is 0 Å². The van der Waals surface area contributed by atoms with Gasteiger partial charge in [0.05, 0.1) is 12.6 Å². The summed E-state index contributed by atoms with van der Waals surface area (Å²) in [4.78, 5) is 7.33. The number of guanidine groups is 1. The van der Waals surface area contributed by atoms with Crippen molar-refractivity contribution in [2.75, 3.05) is 32.8 Å². The van der Waals surface area contributed by atoms with Gasteiger partial charge in [0.1, 0.15) is 0 Å². The normalized spacial score (nSPS) is 17.2. The predicted molar refractivity (Wildman–Crippen MR) is 130 cm³/mol. The number of rotatable bonds is 8. The van der Waals surface area contributed by atoms with Crippen molar-refractivity contribution < 1.29 is 4.74 Å². The third-order valence-electron chi connectivity index (χ3n) is 5.01. The van der Waals surface area contributed by atoms with Gasteiger partial charge in [-0.2, -0.15) is 0 Å². The summed E-state index contributed by atoms with van der Waals surface area (Å²) < 4.78 is 5.77. The maximum absolute atomic E-state index is 5.77. The molecule has 28 heavy (non-hydrogen) atoms. The number of hydrogen-bond donors (Lipinski definition) is 2. The van der Waals surface area contributed by atoms with Crippen LogP contribution in [-0.2, 0) is 4.74 Å². The Bertz CT molecular complexity index is 571. The van der Waals surface area contributed by atoms with Gasteiger partial charge in [0, 0.05) is 37.8 Å². The molecule has 0 saturated carbocycles. The van der Waals surface area contributed by atoms with Crippen LogP contribution in [-0.4, -0.2) is 55.3 Å². The summed E-state index contributed by atoms with van der Waals surface area (Å²) in [6, 6.07) is 10.9. The first-order chi connectivity index (χ1) is 12.9. The Hall–Kier alpha value is -0.860. The van der Waals surface area contributed by atoms with Crippen LogP contribution < -0.4 is 10.6 Å². The highest BCUT2D eigenvalue weighted by molar-refractivity contribution is 14.0. The summed E-state index contributed by atoms with van der Waals surface area (Å²) in [5.41, 5.74) is 1.22. The van der Waals surface area contributed by atoms with Crippen molar-refractivity contribution in [1.82, 2.24) is 15.5 Å². The highest BCUT2D eigenvalue weighted by atomic mass is 127. The number of hydrogen-bond acceptors (Lipinski definition) is 3. The van der Waals surface area contributed by atoms with Gasteiger partial charge in [-0.05, 0) is 53.0 Å². The molecule has 1 saturated heterocycles. The van der Waals surface area contributed by atoms with Gasteiger partial charge in [0.25, 0.3) is 0 Å². The van der Waals surface area contributed by atoms with E-state index in [9.17, 15) is 0 Å². The number of likely N-dealkylation sites (tertiary alicyclic amines) is 1. The molecule has 2 N–H and O–H groups in total. The minimum Gasteiger partial charge on any atom is -0.378 e. The lowest BCUT2D eigenvalue weighted by atomic mass is 10.0. The number of aliphatic imine (C=N–C) groups is 1. The number of benzene rings is 1. The van der Waals surface area contributed by atoms with E-state index in [2.05, 4.69) is 80.5 Å². The minimum absolute atomic E-state index is 0. The second-order valence-electron chi connectivity index (χ2n) is 7.97. The molecule has 1 unspecified atom stereocenters. The molecule has 1 aliphatic heterocycles. The molecule has 0 bridgehead atoms. The third-order valence-corrected chi connectivity index (χ3v) is 5.01. The molecule has 160 valence electrons. The molecule has 5 nitrogen and oxygen atoms in total. The van der Waals surface area contributed by atoms with Crippen LogP contribution in [0, 0.1) is 0 Å². The summed E-state index contributed by atoms with van der Waals surface area (Å²) >= 11 is 0. The average molecular weight is 502 g/mol. The number of ether oxygens (including phenoxy) is 1. The topological polar surface area (TPSA) is 48.9 Å². The first-order valence-corrected chi connectivity index (χ1v) is 10.4. The van der Waals surface area contributed by atoms with E-state index in [1.165, 1.54) is 5.56 Å². The van der Waals surface area contributed by atoms with Crippen molar-refractivity contribution in [3.05, 3.63) is 35.9 Å². The van der Waals surface area contributed by atoms with Crippen LogP contribution >= 0.6 is 24.0 Å². The van der Waals surface area contributed by atoms with Crippen LogP contribution in [0.4, 0.5) is 0 Å². The van der Waals surface area contributed by atoms with E-state index in [-0.39, 0.29) is 29.5 Å². The maximum Gasteiger partial charge on any atom is 0.193 e. The van der Waals surface area contributed by atoms with Gasteiger partial charge in [-0.15, -0.1) is 24.0 Å². The van der Waals surface area contributed by atoms with Crippen LogP contribution in [0.1, 0.15) is 59.1 Å². The number of nitrogens with zero attached hydrogens (tertiary/aromatic N) is 2. The monoisotopic (exact) mass is 502 g/mol. The second-order valence-corrected chi connectivity index (χ2v) is 7.97. The molecule has 0 radical (unpaired) electrons. The Labute approximate surface area is 188 Å². The summed E-state index contributed by atoms with van der Waals surface area (Å²) in [6.07, 6.45) is 2.55. The van der Waals surface area contributed by atoms with E-state index in [0.717, 1.165) is 51.6 Å². The van der Waals surface area contributed by atoms with Gasteiger partial charge >= 0.3 is 0 Å². The molecule has 1 aromatic carbocycles. The largest absolute Gasteiger partial charge is 0.378 e. The zero-order valence-corrected chi connectivity index (χ0v) is 20.5. The highest BCUT2D eigenvalue weighted by Crippen LogP contribution is 2.17. The van der Waals surface area contributed by atoms with E-state index in [1.807, 2.05) is 0 Å². The molecule has 1 heterocycles. The fourth-order valence-corrected chi connectivity index (χ4v) is 3.63. The van der Waals surface area contributed by atoms with Gasteiger partial charge in [-0.3, -0.25) is 4.99 Å². The van der Waals surface area contributed by atoms with Crippen molar-refractivity contribution in [2.45, 2.75) is 65.1 Å². The van der Waals surface area contributed by atoms with Gasteiger partial charge in [0.2, 0.25) is 0 Å². The minimum atomic E-state index is -0.0838. The SMILES string of the molecule is CCNC(=NCC(C)(C)NC(C)c1ccccc1)N1CCC(OCC)CC1.I. The zero-order chi connectivity index (χ0) is 19.7. The molecule has 6 heteroatoms. The first kappa shape index (κ1) is 25.2. The molecule has 0 spiro atoms. The molecule has 0 amide bonds. The number of piperidine rings is 1. The molecular formula is C22H39IN4O. The predicted octanol–water partition coefficient (Wildman–Crippen LogP) is 4.20. The summed E-state index contributed by atoms with van der Waals surface area (Å²) in [5, 5.41) is 7.19. The second kappa shape index (κ2) is 12.6. The maximum atomic E-state index is 5.77. The molecular weight excluding hydrogens is 463 g/mol. The Morgan fingerprint density at radius 1 is 1.21 bits per heavy atom. The quantitative estimate of drug-likeness (QED) is 0.318. The lowest BCUT2D eigenvalue weighted by Gasteiger charge is -2.35. The van der Waals surface area contributed by atoms with E-state index in [0.29, 0.717) is 12.1 Å². The van der Waals surface area contributed by atoms with Crippen LogP contribution in [0.5, 0.6) is 0 Å². The zero-order valence-electron chi connectivity index (χ0n) is 18.2. The van der Waals surface area contributed by atoms with Gasteiger partial charge < -0.3 is 20.3 Å². The third kappa shape index (κ3) is 8.25. The lowest BCUT2D eigenvalue weighted by Crippen LogP contribution is -2.49. The standard InChI is InChI=1S/C22H38N4O.HI/c1-6-23-21(26-15-13-20(14-16-26)27-7-2)24-17-22(4,5)25-18(3)19-11-9-8-10-12-19;/h8-12,18,20,25H,6-7,13-17H2,1-5H3,(H,23,24);1H. The number of nitrogens with one attached hydrogen (secondary N) is 2. The smallest absolute Gasteiger partial charge is 0.193 e. The van der Waals surface area contributed by atoms with Crippen LogP contribution in [0.15, 0.2) is 35.3 Å². The van der Waals surface area contributed by atoms with Gasteiger partial charge in [-0.1, -0.05) is 30.3 Å². The lowest BCUT2D eigenvalue weighted by molar-refractivity contribution is 0.0263. The van der Waals surface area contributed by atoms with Crippen LogP contribution in [0.25, 0.3) is 0 Å². The van der Waals surface area contributed by atoms with Gasteiger partial charge in [0.15, 0.2) is 5.96 Å². The van der Waals surface area contributed by atoms with Crippen molar-refractivity contribution in [1.29, 1.82) is 0 Å². The van der Waals surface area contributed by atoms with Crippen molar-refractivity contribution in [2.24, 2.45) is 4.99 Å². The molecule has 0 aliphatic carbocycles. The highest BCUT2D eigenvalue weighted by Gasteiger charge is 2.24. The van der Waals surface area contributed by atoms with E-state index in [4.69, 9.17) is 9.73 Å². The molecule has 2 rings (SSSR count). The fraction of sp³-hybridized carbons (Fsp3) is 0.682. The molecule has 1 atom stereocenters. The van der Waals surface area contributed by atoms with E-state index >= 15 is 0 Å². The Morgan fingerprint density at radius 3 is 2.43 bits per heavy atom. The molecule has 1 fully saturated rings. The Kier molecular flexibility index (Phi) is 11.4. The van der Waals surface area contributed by atoms with Crippen molar-refractivity contribution >= 4 is 29.9 Å². The van der Waals surface area contributed by atoms with Crippen LogP contribution in [0.2, 0.25) is 0 Å². The summed E-state index contributed by atoms with van der Waals surface area (Å²) in [5.74, 6) is 1.02. The van der Waals surface area contributed by atoms with E-state index in [1.54, 1.807) is 0 Å². The van der Waals surface area contributed by atoms with Crippen molar-refractivity contribution in [3.63, 3.8) is 0 Å². The first-order valence-electron chi connectivity index (χ1n) is 10.4. The fourth-order valence-electron chi connectivity index (χ4n) is 3.63. The molecule has 1 aliphatic rings. The van der Waals surface area contributed by atoms with Gasteiger partial charge in [-0.25, -0.2) is 0 Å². The molecule has 0 aromatic heterocycles. The van der Waals surface area contributed by atoms with Crippen molar-refractivity contribution in [3.8, 4) is 0 Å². The summed E-state index contributed by atoms with van der Waals surface area (Å²) in [7, 11) is 0. The molecule has 1 aromatic rings. The van der Waals surface area contributed by atoms with Crippen LogP contribution in [0.3, 0.4) is 0 Å². The Morgan fingerprint density at radius 2 is 1.86 bits per heavy atom.